The number of hydrogen-bond donors (Lipinski definition) is 1. The number of ether oxygens (including phenoxy) is 1. The van der Waals surface area contributed by atoms with Gasteiger partial charge in [0.1, 0.15) is 12.4 Å². The number of benzene rings is 3. The molecule has 0 atom stereocenters. The quantitative estimate of drug-likeness (QED) is 0.560. The number of fused-ring (bicyclic) bond motifs is 1. The monoisotopic (exact) mass is 437 g/mol. The lowest BCUT2D eigenvalue weighted by Gasteiger charge is -2.43. The molecule has 0 radical (unpaired) electrons. The molecule has 0 saturated carbocycles. The van der Waals surface area contributed by atoms with E-state index in [0.29, 0.717) is 16.5 Å². The second-order valence-electron chi connectivity index (χ2n) is 8.37. The molecule has 0 bridgehead atoms. The molecule has 0 unspecified atom stereocenters. The van der Waals surface area contributed by atoms with Gasteiger partial charge < -0.3 is 9.16 Å². The molecule has 0 aromatic heterocycles. The molecular weight excluding hydrogens is 414 g/mol. The zero-order chi connectivity index (χ0) is 21.4. The summed E-state index contributed by atoms with van der Waals surface area (Å²) < 4.78 is 12.3. The number of amides is 1. The summed E-state index contributed by atoms with van der Waals surface area (Å²) in [7, 11) is -2.80. The van der Waals surface area contributed by atoms with E-state index < -0.39 is 14.4 Å². The fourth-order valence-corrected chi connectivity index (χ4v) is 8.74. The van der Waals surface area contributed by atoms with Crippen molar-refractivity contribution in [3.8, 4) is 5.75 Å². The van der Waals surface area contributed by atoms with Crippen LogP contribution < -0.4 is 20.1 Å². The van der Waals surface area contributed by atoms with Gasteiger partial charge in [-0.15, -0.1) is 0 Å². The third-order valence-corrected chi connectivity index (χ3v) is 10.7. The van der Waals surface area contributed by atoms with E-state index in [1.54, 1.807) is 6.07 Å². The van der Waals surface area contributed by atoms with E-state index in [2.05, 4.69) is 74.6 Å². The minimum Gasteiger partial charge on any atom is -0.534 e. The average molecular weight is 438 g/mol. The van der Waals surface area contributed by atoms with Crippen LogP contribution in [0, 0.1) is 0 Å². The summed E-state index contributed by atoms with van der Waals surface area (Å²) in [6.45, 7) is 6.79. The molecule has 154 valence electrons. The molecule has 4 nitrogen and oxygen atoms in total. The third kappa shape index (κ3) is 3.48. The van der Waals surface area contributed by atoms with E-state index in [1.165, 1.54) is 10.4 Å². The predicted molar refractivity (Wildman–Crippen MR) is 124 cm³/mol. The van der Waals surface area contributed by atoms with Gasteiger partial charge in [-0.2, -0.15) is 0 Å². The van der Waals surface area contributed by atoms with Crippen LogP contribution in [0.4, 0.5) is 10.5 Å². The van der Waals surface area contributed by atoms with Crippen molar-refractivity contribution in [3.63, 3.8) is 0 Å². The molecule has 1 aliphatic rings. The lowest BCUT2D eigenvalue weighted by molar-refractivity contribution is 0.150. The number of rotatable bonds is 4. The molecule has 0 aliphatic carbocycles. The number of halogens is 1. The first-order valence-electron chi connectivity index (χ1n) is 9.88. The van der Waals surface area contributed by atoms with E-state index in [4.69, 9.17) is 20.8 Å². The van der Waals surface area contributed by atoms with Crippen molar-refractivity contribution in [3.05, 3.63) is 83.4 Å². The van der Waals surface area contributed by atoms with Crippen molar-refractivity contribution >= 4 is 42.1 Å². The van der Waals surface area contributed by atoms with Gasteiger partial charge in [-0.1, -0.05) is 93.0 Å². The van der Waals surface area contributed by atoms with Crippen LogP contribution in [-0.4, -0.2) is 14.4 Å². The second kappa shape index (κ2) is 7.82. The summed E-state index contributed by atoms with van der Waals surface area (Å²) in [4.78, 5) is 11.8. The largest absolute Gasteiger partial charge is 0.534 e. The highest BCUT2D eigenvalue weighted by Crippen LogP contribution is 2.42. The van der Waals surface area contributed by atoms with E-state index in [9.17, 15) is 4.79 Å². The van der Waals surface area contributed by atoms with Crippen LogP contribution >= 0.6 is 11.6 Å². The molecule has 0 saturated heterocycles. The Bertz CT molecular complexity index is 1030. The molecule has 1 amide bonds. The van der Waals surface area contributed by atoms with Crippen molar-refractivity contribution in [2.75, 3.05) is 5.32 Å². The number of anilines is 1. The standard InChI is InChI=1S/C24H24ClNO3Si/c1-24(2,3)30(17-10-6-4-7-11-17,18-12-8-5-9-13-18)29-21-15-14-20(25)22-19(21)16-28-23(27)26-22/h4-15H,16H2,1-3H3,(H,26,27). The SMILES string of the molecule is CC(C)(C)[Si](Oc1ccc(Cl)c2c1COC(=O)N2)(c1ccccc1)c1ccccc1. The normalized spacial score (nSPS) is 13.8. The number of nitrogens with one attached hydrogen (secondary N) is 1. The molecule has 1 heterocycles. The van der Waals surface area contributed by atoms with Gasteiger partial charge in [0, 0.05) is 0 Å². The zero-order valence-corrected chi connectivity index (χ0v) is 19.0. The Balaban J connectivity index is 1.95. The summed E-state index contributed by atoms with van der Waals surface area (Å²) >= 11 is 6.36. The van der Waals surface area contributed by atoms with Crippen molar-refractivity contribution in [1.82, 2.24) is 0 Å². The summed E-state index contributed by atoms with van der Waals surface area (Å²) in [5, 5.41) is 5.35. The fraction of sp³-hybridized carbons (Fsp3) is 0.208. The molecule has 3 aromatic carbocycles. The maximum Gasteiger partial charge on any atom is 0.412 e. The van der Waals surface area contributed by atoms with Crippen LogP contribution in [-0.2, 0) is 11.3 Å². The fourth-order valence-electron chi connectivity index (χ4n) is 4.06. The van der Waals surface area contributed by atoms with Crippen LogP contribution in [0.3, 0.4) is 0 Å². The van der Waals surface area contributed by atoms with Gasteiger partial charge in [-0.25, -0.2) is 4.79 Å². The average Bonchev–Trinajstić information content (AvgIpc) is 2.74. The number of cyclic esters (lactones) is 1. The molecule has 0 spiro atoms. The Kier molecular flexibility index (Phi) is 5.34. The van der Waals surface area contributed by atoms with Gasteiger partial charge in [0.25, 0.3) is 0 Å². The van der Waals surface area contributed by atoms with E-state index in [1.807, 2.05) is 18.2 Å². The Morgan fingerprint density at radius 3 is 2.03 bits per heavy atom. The first-order chi connectivity index (χ1) is 14.3. The third-order valence-electron chi connectivity index (χ3n) is 5.47. The Hall–Kier alpha value is -2.76. The first-order valence-corrected chi connectivity index (χ1v) is 12.2. The highest BCUT2D eigenvalue weighted by atomic mass is 35.5. The molecule has 3 aromatic rings. The Morgan fingerprint density at radius 1 is 0.933 bits per heavy atom. The van der Waals surface area contributed by atoms with Crippen molar-refractivity contribution in [2.45, 2.75) is 32.4 Å². The molecule has 0 fully saturated rings. The van der Waals surface area contributed by atoms with Gasteiger partial charge in [0.2, 0.25) is 0 Å². The molecule has 1 aliphatic heterocycles. The summed E-state index contributed by atoms with van der Waals surface area (Å²) in [6.07, 6.45) is -0.507. The van der Waals surface area contributed by atoms with Crippen molar-refractivity contribution in [1.29, 1.82) is 0 Å². The van der Waals surface area contributed by atoms with Crippen molar-refractivity contribution < 1.29 is 14.0 Å². The van der Waals surface area contributed by atoms with Gasteiger partial charge >= 0.3 is 14.4 Å². The van der Waals surface area contributed by atoms with E-state index in [-0.39, 0.29) is 11.6 Å². The van der Waals surface area contributed by atoms with Crippen molar-refractivity contribution in [2.24, 2.45) is 0 Å². The van der Waals surface area contributed by atoms with Gasteiger partial charge in [0.15, 0.2) is 0 Å². The first kappa shape index (κ1) is 20.5. The summed E-state index contributed by atoms with van der Waals surface area (Å²) in [5.74, 6) is 0.684. The smallest absolute Gasteiger partial charge is 0.412 e. The number of carbonyl (C=O) groups is 1. The molecular formula is C24H24ClNO3Si. The van der Waals surface area contributed by atoms with Gasteiger partial charge in [0.05, 0.1) is 16.3 Å². The van der Waals surface area contributed by atoms with Crippen LogP contribution in [0.25, 0.3) is 0 Å². The highest BCUT2D eigenvalue weighted by Gasteiger charge is 2.52. The van der Waals surface area contributed by atoms with Gasteiger partial charge in [-0.05, 0) is 27.5 Å². The maximum atomic E-state index is 11.8. The molecule has 4 rings (SSSR count). The van der Waals surface area contributed by atoms with Crippen LogP contribution in [0.1, 0.15) is 26.3 Å². The van der Waals surface area contributed by atoms with E-state index >= 15 is 0 Å². The highest BCUT2D eigenvalue weighted by molar-refractivity contribution is 7.00. The van der Waals surface area contributed by atoms with Crippen LogP contribution in [0.5, 0.6) is 5.75 Å². The zero-order valence-electron chi connectivity index (χ0n) is 17.2. The minimum atomic E-state index is -2.80. The second-order valence-corrected chi connectivity index (χ2v) is 13.0. The lowest BCUT2D eigenvalue weighted by atomic mass is 10.1. The summed E-state index contributed by atoms with van der Waals surface area (Å²) in [5.41, 5.74) is 1.32. The number of hydrogen-bond acceptors (Lipinski definition) is 3. The molecule has 30 heavy (non-hydrogen) atoms. The topological polar surface area (TPSA) is 47.6 Å². The molecule has 1 N–H and O–H groups in total. The minimum absolute atomic E-state index is 0.120. The van der Waals surface area contributed by atoms with Gasteiger partial charge in [-0.3, -0.25) is 5.32 Å². The Labute approximate surface area is 182 Å². The predicted octanol–water partition coefficient (Wildman–Crippen LogP) is 5.34. The van der Waals surface area contributed by atoms with Crippen LogP contribution in [0.15, 0.2) is 72.8 Å². The van der Waals surface area contributed by atoms with Crippen LogP contribution in [0.2, 0.25) is 10.1 Å². The van der Waals surface area contributed by atoms with E-state index in [0.717, 1.165) is 5.56 Å². The lowest BCUT2D eigenvalue weighted by Crippen LogP contribution is -2.69. The maximum absolute atomic E-state index is 11.8. The number of carbonyl (C=O) groups excluding carboxylic acids is 1. The summed E-state index contributed by atoms with van der Waals surface area (Å²) in [6, 6.07) is 24.5. The molecule has 6 heteroatoms. The Morgan fingerprint density at radius 2 is 1.50 bits per heavy atom.